The largest absolute Gasteiger partial charge is 0.383 e. The van der Waals surface area contributed by atoms with Gasteiger partial charge < -0.3 is 10.6 Å². The van der Waals surface area contributed by atoms with Crippen LogP contribution in [0.25, 0.3) is 0 Å². The van der Waals surface area contributed by atoms with Crippen LogP contribution in [0.3, 0.4) is 0 Å². The van der Waals surface area contributed by atoms with E-state index in [2.05, 4.69) is 4.98 Å². The van der Waals surface area contributed by atoms with Gasteiger partial charge in [-0.3, -0.25) is 4.79 Å². The summed E-state index contributed by atoms with van der Waals surface area (Å²) in [5, 5.41) is 18.6. The van der Waals surface area contributed by atoms with Crippen molar-refractivity contribution in [2.75, 3.05) is 11.5 Å². The van der Waals surface area contributed by atoms with E-state index in [1.54, 1.807) is 4.90 Å². The maximum atomic E-state index is 12.7. The Morgan fingerprint density at radius 2 is 1.88 bits per heavy atom. The summed E-state index contributed by atoms with van der Waals surface area (Å²) in [7, 11) is 0. The van der Waals surface area contributed by atoms with E-state index in [9.17, 15) is 10.1 Å². The van der Waals surface area contributed by atoms with Gasteiger partial charge >= 0.3 is 0 Å². The molecule has 1 amide bonds. The van der Waals surface area contributed by atoms with Gasteiger partial charge in [-0.05, 0) is 25.5 Å². The average Bonchev–Trinajstić information content (AvgIpc) is 2.64. The second kappa shape index (κ2) is 8.89. The van der Waals surface area contributed by atoms with E-state index < -0.39 is 0 Å². The topological polar surface area (TPSA) is 107 Å². The molecule has 0 unspecified atom stereocenters. The van der Waals surface area contributed by atoms with Crippen LogP contribution in [0.5, 0.6) is 0 Å². The SMILES string of the molecule is CC(C)N(Cc1ccccc1)C(=O)CSc1nc(N)c(C#N)cc1C#N. The Bertz CT molecular complexity index is 868. The van der Waals surface area contributed by atoms with Crippen LogP contribution in [-0.2, 0) is 11.3 Å². The molecule has 1 aromatic carbocycles. The van der Waals surface area contributed by atoms with Crippen LogP contribution in [0.1, 0.15) is 30.5 Å². The molecule has 0 fully saturated rings. The number of pyridine rings is 1. The van der Waals surface area contributed by atoms with Gasteiger partial charge in [0.2, 0.25) is 5.91 Å². The van der Waals surface area contributed by atoms with E-state index >= 15 is 0 Å². The van der Waals surface area contributed by atoms with Gasteiger partial charge in [-0.1, -0.05) is 42.1 Å². The fourth-order valence-corrected chi connectivity index (χ4v) is 3.19. The maximum absolute atomic E-state index is 12.7. The molecule has 2 aromatic rings. The summed E-state index contributed by atoms with van der Waals surface area (Å²) in [6.45, 7) is 4.44. The van der Waals surface area contributed by atoms with Crippen LogP contribution in [0.4, 0.5) is 5.82 Å². The molecule has 0 saturated heterocycles. The minimum absolute atomic E-state index is 0.0396. The van der Waals surface area contributed by atoms with Crippen LogP contribution >= 0.6 is 11.8 Å². The van der Waals surface area contributed by atoms with E-state index in [1.165, 1.54) is 6.07 Å². The predicted octanol–water partition coefficient (Wildman–Crippen LogP) is 2.94. The molecular weight excluding hydrogens is 346 g/mol. The number of nitriles is 2. The van der Waals surface area contributed by atoms with Crippen molar-refractivity contribution in [3.63, 3.8) is 0 Å². The van der Waals surface area contributed by atoms with Crippen LogP contribution in [0.2, 0.25) is 0 Å². The van der Waals surface area contributed by atoms with Gasteiger partial charge in [0.05, 0.1) is 16.9 Å². The second-order valence-electron chi connectivity index (χ2n) is 5.89. The number of hydrogen-bond acceptors (Lipinski definition) is 6. The third kappa shape index (κ3) is 4.75. The summed E-state index contributed by atoms with van der Waals surface area (Å²) >= 11 is 1.16. The first-order chi connectivity index (χ1) is 12.5. The second-order valence-corrected chi connectivity index (χ2v) is 6.85. The molecule has 132 valence electrons. The Labute approximate surface area is 157 Å². The number of thioether (sulfide) groups is 1. The number of carbonyl (C=O) groups excluding carboxylic acids is 1. The monoisotopic (exact) mass is 365 g/mol. The molecule has 2 N–H and O–H groups in total. The van der Waals surface area contributed by atoms with Crippen molar-refractivity contribution >= 4 is 23.5 Å². The molecule has 0 spiro atoms. The van der Waals surface area contributed by atoms with Gasteiger partial charge in [0.25, 0.3) is 0 Å². The highest BCUT2D eigenvalue weighted by atomic mass is 32.2. The molecule has 2 rings (SSSR count). The Morgan fingerprint density at radius 3 is 2.46 bits per heavy atom. The first-order valence-electron chi connectivity index (χ1n) is 8.03. The zero-order chi connectivity index (χ0) is 19.1. The number of amides is 1. The lowest BCUT2D eigenvalue weighted by atomic mass is 10.2. The molecular formula is C19H19N5OS. The summed E-state index contributed by atoms with van der Waals surface area (Å²) in [6, 6.07) is 15.1. The van der Waals surface area contributed by atoms with E-state index in [1.807, 2.05) is 56.3 Å². The zero-order valence-corrected chi connectivity index (χ0v) is 15.5. The fraction of sp³-hybridized carbons (Fsp3) is 0.263. The van der Waals surface area contributed by atoms with Crippen molar-refractivity contribution in [3.05, 3.63) is 53.1 Å². The number of carbonyl (C=O) groups is 1. The lowest BCUT2D eigenvalue weighted by Crippen LogP contribution is -2.37. The Morgan fingerprint density at radius 1 is 1.23 bits per heavy atom. The first-order valence-corrected chi connectivity index (χ1v) is 9.01. The van der Waals surface area contributed by atoms with Gasteiger partial charge in [0.1, 0.15) is 23.0 Å². The summed E-state index contributed by atoms with van der Waals surface area (Å²) in [4.78, 5) is 18.6. The van der Waals surface area contributed by atoms with Crippen LogP contribution in [0, 0.1) is 22.7 Å². The van der Waals surface area contributed by atoms with E-state index in [4.69, 9.17) is 11.0 Å². The standard InChI is InChI=1S/C19H19N5OS/c1-13(2)24(11-14-6-4-3-5-7-14)17(25)12-26-19-16(10-21)8-15(9-20)18(22)23-19/h3-8,13H,11-12H2,1-2H3,(H2,22,23). The molecule has 1 heterocycles. The van der Waals surface area contributed by atoms with Crippen molar-refractivity contribution in [2.24, 2.45) is 0 Å². The van der Waals surface area contributed by atoms with Gasteiger partial charge in [-0.25, -0.2) is 4.98 Å². The van der Waals surface area contributed by atoms with E-state index in [0.717, 1.165) is 17.3 Å². The number of aromatic nitrogens is 1. The van der Waals surface area contributed by atoms with Crippen molar-refractivity contribution in [2.45, 2.75) is 31.5 Å². The van der Waals surface area contributed by atoms with Crippen molar-refractivity contribution in [3.8, 4) is 12.1 Å². The summed E-state index contributed by atoms with van der Waals surface area (Å²) in [6.07, 6.45) is 0. The van der Waals surface area contributed by atoms with E-state index in [-0.39, 0.29) is 34.6 Å². The maximum Gasteiger partial charge on any atom is 0.233 e. The lowest BCUT2D eigenvalue weighted by Gasteiger charge is -2.27. The van der Waals surface area contributed by atoms with Gasteiger partial charge in [0, 0.05) is 12.6 Å². The minimum Gasteiger partial charge on any atom is -0.383 e. The van der Waals surface area contributed by atoms with Crippen LogP contribution in [-0.4, -0.2) is 27.6 Å². The predicted molar refractivity (Wildman–Crippen MR) is 101 cm³/mol. The molecule has 26 heavy (non-hydrogen) atoms. The average molecular weight is 365 g/mol. The molecule has 0 aliphatic heterocycles. The molecule has 0 aliphatic carbocycles. The molecule has 0 aliphatic rings. The highest BCUT2D eigenvalue weighted by Gasteiger charge is 2.19. The Kier molecular flexibility index (Phi) is 6.60. The number of hydrogen-bond donors (Lipinski definition) is 1. The quantitative estimate of drug-likeness (QED) is 0.789. The first kappa shape index (κ1) is 19.3. The summed E-state index contributed by atoms with van der Waals surface area (Å²) < 4.78 is 0. The molecule has 0 bridgehead atoms. The third-order valence-corrected chi connectivity index (χ3v) is 4.71. The number of anilines is 1. The molecule has 6 nitrogen and oxygen atoms in total. The third-order valence-electron chi connectivity index (χ3n) is 3.73. The number of rotatable bonds is 6. The Balaban J connectivity index is 2.12. The van der Waals surface area contributed by atoms with Crippen molar-refractivity contribution in [1.29, 1.82) is 10.5 Å². The lowest BCUT2D eigenvalue weighted by molar-refractivity contribution is -0.130. The molecule has 7 heteroatoms. The highest BCUT2D eigenvalue weighted by Crippen LogP contribution is 2.24. The Hall–Kier alpha value is -3.03. The number of nitrogen functional groups attached to an aromatic ring is 1. The van der Waals surface area contributed by atoms with Crippen LogP contribution in [0.15, 0.2) is 41.4 Å². The molecule has 0 radical (unpaired) electrons. The van der Waals surface area contributed by atoms with Gasteiger partial charge in [-0.2, -0.15) is 10.5 Å². The number of benzene rings is 1. The minimum atomic E-state index is -0.0533. The molecule has 0 atom stereocenters. The number of nitrogens with zero attached hydrogens (tertiary/aromatic N) is 4. The van der Waals surface area contributed by atoms with Gasteiger partial charge in [0.15, 0.2) is 0 Å². The van der Waals surface area contributed by atoms with E-state index in [0.29, 0.717) is 11.6 Å². The smallest absolute Gasteiger partial charge is 0.233 e. The fourth-order valence-electron chi connectivity index (χ4n) is 2.34. The van der Waals surface area contributed by atoms with Gasteiger partial charge in [-0.15, -0.1) is 0 Å². The van der Waals surface area contributed by atoms with Crippen molar-refractivity contribution < 1.29 is 4.79 Å². The number of nitrogens with two attached hydrogens (primary N) is 1. The zero-order valence-electron chi connectivity index (χ0n) is 14.6. The summed E-state index contributed by atoms with van der Waals surface area (Å²) in [5.41, 5.74) is 7.17. The molecule has 0 saturated carbocycles. The summed E-state index contributed by atoms with van der Waals surface area (Å²) in [5.74, 6) is 0.145. The molecule has 1 aromatic heterocycles. The van der Waals surface area contributed by atoms with Crippen molar-refractivity contribution in [1.82, 2.24) is 9.88 Å². The highest BCUT2D eigenvalue weighted by molar-refractivity contribution is 8.00. The van der Waals surface area contributed by atoms with Crippen LogP contribution < -0.4 is 5.73 Å². The normalized spacial score (nSPS) is 10.2.